The van der Waals surface area contributed by atoms with Crippen LogP contribution in [0.4, 0.5) is 0 Å². The summed E-state index contributed by atoms with van der Waals surface area (Å²) in [4.78, 5) is 31.9. The lowest BCUT2D eigenvalue weighted by molar-refractivity contribution is -0.191. The second kappa shape index (κ2) is 21.2. The van der Waals surface area contributed by atoms with Crippen molar-refractivity contribution in [1.82, 2.24) is 0 Å². The lowest BCUT2D eigenvalue weighted by Gasteiger charge is -2.14. The van der Waals surface area contributed by atoms with Gasteiger partial charge in [0.1, 0.15) is 0 Å². The number of ether oxygens (including phenoxy) is 1. The average molecular weight is 611 g/mol. The van der Waals surface area contributed by atoms with Crippen molar-refractivity contribution in [1.29, 1.82) is 0 Å². The summed E-state index contributed by atoms with van der Waals surface area (Å²) in [5, 5.41) is 4.59. The van der Waals surface area contributed by atoms with Crippen LogP contribution in [0.5, 0.6) is 0 Å². The molecular formula is C36H50O4S2. The maximum atomic E-state index is 13.2. The van der Waals surface area contributed by atoms with Crippen LogP contribution in [0.15, 0.2) is 35.0 Å². The van der Waals surface area contributed by atoms with Gasteiger partial charge in [-0.15, -0.1) is 22.7 Å². The maximum absolute atomic E-state index is 13.2. The minimum Gasteiger partial charge on any atom is -0.462 e. The molecule has 0 atom stereocenters. The van der Waals surface area contributed by atoms with Gasteiger partial charge in [0.2, 0.25) is 0 Å². The van der Waals surface area contributed by atoms with E-state index in [-0.39, 0.29) is 12.1 Å². The van der Waals surface area contributed by atoms with E-state index in [4.69, 9.17) is 14.3 Å². The SMILES string of the molecule is CCCCCCCCc1csc(-c2cc(C(=O)OCC)c(-c3cc(CCCCCCCC)cs3)cc2CC)c1.O=C=O. The van der Waals surface area contributed by atoms with E-state index in [0.717, 1.165) is 24.8 Å². The van der Waals surface area contributed by atoms with Gasteiger partial charge in [0.25, 0.3) is 0 Å². The topological polar surface area (TPSA) is 60.4 Å². The number of carbonyl (C=O) groups excluding carboxylic acids is 3. The van der Waals surface area contributed by atoms with Gasteiger partial charge in [-0.25, -0.2) is 4.79 Å². The van der Waals surface area contributed by atoms with Crippen molar-refractivity contribution in [3.63, 3.8) is 0 Å². The van der Waals surface area contributed by atoms with Crippen molar-refractivity contribution in [2.45, 2.75) is 124 Å². The first-order valence-electron chi connectivity index (χ1n) is 16.0. The number of carbonyl (C=O) groups is 1. The Labute approximate surface area is 261 Å². The van der Waals surface area contributed by atoms with Crippen molar-refractivity contribution in [2.24, 2.45) is 0 Å². The van der Waals surface area contributed by atoms with Gasteiger partial charge >= 0.3 is 12.1 Å². The molecule has 0 aliphatic rings. The fraction of sp³-hybridized carbons (Fsp3) is 0.556. The standard InChI is InChI=1S/C35H50O2S2.CO2/c1-5-9-11-13-15-17-19-27-21-33(38-25-27)30-24-32(35(36)37-8-4)31(23-29(30)7-3)34-22-28(26-39-34)20-18-16-14-12-10-6-2;2-1-3/h21-26H,5-20H2,1-4H3;. The van der Waals surface area contributed by atoms with Gasteiger partial charge in [-0.05, 0) is 96.3 Å². The summed E-state index contributed by atoms with van der Waals surface area (Å²) in [7, 11) is 0. The first kappa shape index (κ1) is 35.7. The van der Waals surface area contributed by atoms with E-state index in [0.29, 0.717) is 12.2 Å². The Balaban J connectivity index is 0.00000197. The number of hydrogen-bond donors (Lipinski definition) is 0. The van der Waals surface area contributed by atoms with E-state index in [1.165, 1.54) is 109 Å². The Morgan fingerprint density at radius 3 is 1.62 bits per heavy atom. The number of thiophene rings is 2. The van der Waals surface area contributed by atoms with E-state index >= 15 is 0 Å². The Morgan fingerprint density at radius 1 is 0.667 bits per heavy atom. The lowest BCUT2D eigenvalue weighted by atomic mass is 9.94. The number of hydrogen-bond acceptors (Lipinski definition) is 6. The predicted octanol–water partition coefficient (Wildman–Crippen LogP) is 11.1. The van der Waals surface area contributed by atoms with Gasteiger partial charge in [-0.1, -0.05) is 85.0 Å². The van der Waals surface area contributed by atoms with Crippen molar-refractivity contribution in [3.8, 4) is 20.9 Å². The summed E-state index contributed by atoms with van der Waals surface area (Å²) < 4.78 is 5.54. The quantitative estimate of drug-likeness (QED) is 0.100. The molecule has 6 heteroatoms. The summed E-state index contributed by atoms with van der Waals surface area (Å²) >= 11 is 3.57. The highest BCUT2D eigenvalue weighted by Crippen LogP contribution is 2.38. The molecule has 0 saturated heterocycles. The molecule has 4 nitrogen and oxygen atoms in total. The summed E-state index contributed by atoms with van der Waals surface area (Å²) in [5.41, 5.74) is 7.02. The van der Waals surface area contributed by atoms with Gasteiger partial charge in [-0.3, -0.25) is 0 Å². The number of rotatable bonds is 19. The fourth-order valence-electron chi connectivity index (χ4n) is 5.26. The van der Waals surface area contributed by atoms with Crippen LogP contribution in [-0.2, 0) is 33.6 Å². The highest BCUT2D eigenvalue weighted by molar-refractivity contribution is 7.14. The molecule has 3 aromatic rings. The van der Waals surface area contributed by atoms with Gasteiger partial charge < -0.3 is 4.74 Å². The fourth-order valence-corrected chi connectivity index (χ4v) is 7.24. The third-order valence-electron chi connectivity index (χ3n) is 7.60. The van der Waals surface area contributed by atoms with Gasteiger partial charge in [0.15, 0.2) is 0 Å². The monoisotopic (exact) mass is 610 g/mol. The summed E-state index contributed by atoms with van der Waals surface area (Å²) in [6, 6.07) is 9.02. The maximum Gasteiger partial charge on any atom is 0.373 e. The average Bonchev–Trinajstić information content (AvgIpc) is 3.67. The number of benzene rings is 1. The Kier molecular flexibility index (Phi) is 18.0. The van der Waals surface area contributed by atoms with Gasteiger partial charge in [0.05, 0.1) is 12.2 Å². The van der Waals surface area contributed by atoms with E-state index < -0.39 is 0 Å². The van der Waals surface area contributed by atoms with E-state index in [9.17, 15) is 4.79 Å². The number of esters is 1. The minimum absolute atomic E-state index is 0.217. The summed E-state index contributed by atoms with van der Waals surface area (Å²) in [5.74, 6) is -0.217. The van der Waals surface area contributed by atoms with Crippen LogP contribution >= 0.6 is 22.7 Å². The molecule has 0 radical (unpaired) electrons. The largest absolute Gasteiger partial charge is 0.462 e. The van der Waals surface area contributed by atoms with Crippen molar-refractivity contribution < 1.29 is 19.1 Å². The minimum atomic E-state index is -0.217. The smallest absolute Gasteiger partial charge is 0.373 e. The molecule has 0 amide bonds. The van der Waals surface area contributed by atoms with Gasteiger partial charge in [0, 0.05) is 15.3 Å². The number of unbranched alkanes of at least 4 members (excludes halogenated alkanes) is 10. The molecule has 2 aromatic heterocycles. The molecule has 0 spiro atoms. The second-order valence-electron chi connectivity index (χ2n) is 10.9. The Bertz CT molecular complexity index is 1220. The van der Waals surface area contributed by atoms with Crippen molar-refractivity contribution in [3.05, 3.63) is 57.3 Å². The molecular weight excluding hydrogens is 561 g/mol. The molecule has 0 bridgehead atoms. The third-order valence-corrected chi connectivity index (χ3v) is 9.62. The van der Waals surface area contributed by atoms with Crippen LogP contribution in [0.2, 0.25) is 0 Å². The molecule has 230 valence electrons. The molecule has 0 fully saturated rings. The molecule has 0 aliphatic heterocycles. The van der Waals surface area contributed by atoms with Crippen LogP contribution in [-0.4, -0.2) is 18.7 Å². The first-order valence-corrected chi connectivity index (χ1v) is 17.8. The zero-order valence-electron chi connectivity index (χ0n) is 26.2. The summed E-state index contributed by atoms with van der Waals surface area (Å²) in [6.07, 6.45) is 19.2. The normalized spacial score (nSPS) is 10.7. The van der Waals surface area contributed by atoms with Crippen LogP contribution in [0.3, 0.4) is 0 Å². The molecule has 42 heavy (non-hydrogen) atoms. The van der Waals surface area contributed by atoms with E-state index in [1.54, 1.807) is 11.3 Å². The highest BCUT2D eigenvalue weighted by Gasteiger charge is 2.20. The van der Waals surface area contributed by atoms with Crippen LogP contribution in [0.25, 0.3) is 20.9 Å². The predicted molar refractivity (Wildman–Crippen MR) is 178 cm³/mol. The van der Waals surface area contributed by atoms with Gasteiger partial charge in [-0.2, -0.15) is 9.59 Å². The molecule has 0 aliphatic carbocycles. The van der Waals surface area contributed by atoms with E-state index in [1.807, 2.05) is 18.3 Å². The Morgan fingerprint density at radius 2 is 1.14 bits per heavy atom. The van der Waals surface area contributed by atoms with Crippen LogP contribution < -0.4 is 0 Å². The van der Waals surface area contributed by atoms with Crippen LogP contribution in [0, 0.1) is 0 Å². The molecule has 1 aromatic carbocycles. The first-order chi connectivity index (χ1) is 20.5. The molecule has 3 rings (SSSR count). The molecule has 0 N–H and O–H groups in total. The molecule has 0 unspecified atom stereocenters. The lowest BCUT2D eigenvalue weighted by Crippen LogP contribution is -2.07. The second-order valence-corrected chi connectivity index (χ2v) is 12.7. The third kappa shape index (κ3) is 12.0. The highest BCUT2D eigenvalue weighted by atomic mass is 32.1. The van der Waals surface area contributed by atoms with Crippen molar-refractivity contribution in [2.75, 3.05) is 6.61 Å². The molecule has 0 saturated carbocycles. The zero-order valence-corrected chi connectivity index (χ0v) is 27.9. The van der Waals surface area contributed by atoms with E-state index in [2.05, 4.69) is 55.8 Å². The Hall–Kier alpha value is -2.53. The van der Waals surface area contributed by atoms with Crippen molar-refractivity contribution >= 4 is 34.8 Å². The molecule has 2 heterocycles. The zero-order chi connectivity index (χ0) is 30.6. The number of aryl methyl sites for hydroxylation is 3. The van der Waals surface area contributed by atoms with Crippen LogP contribution in [0.1, 0.15) is 132 Å². The summed E-state index contributed by atoms with van der Waals surface area (Å²) in [6.45, 7) is 9.03.